The number of benzene rings is 1. The Balaban J connectivity index is 1.57. The number of hydrogen-bond donors (Lipinski definition) is 1. The molecule has 3 atom stereocenters. The van der Waals surface area contributed by atoms with Gasteiger partial charge in [-0.2, -0.15) is 0 Å². The third-order valence-corrected chi connectivity index (χ3v) is 10.6. The molecule has 0 radical (unpaired) electrons. The summed E-state index contributed by atoms with van der Waals surface area (Å²) in [5.41, 5.74) is 0.208. The summed E-state index contributed by atoms with van der Waals surface area (Å²) in [5, 5.41) is 2.11. The van der Waals surface area contributed by atoms with E-state index in [0.29, 0.717) is 6.54 Å². The second-order valence-electron chi connectivity index (χ2n) is 8.71. The molecule has 2 aliphatic rings. The van der Waals surface area contributed by atoms with E-state index < -0.39 is 42.5 Å². The van der Waals surface area contributed by atoms with Crippen LogP contribution in [0.25, 0.3) is 0 Å². The molecule has 2 aliphatic heterocycles. The Labute approximate surface area is 188 Å². The normalized spacial score (nSPS) is 25.1. The van der Waals surface area contributed by atoms with Gasteiger partial charge in [0.1, 0.15) is 11.6 Å². The number of furan rings is 1. The molecule has 1 N–H and O–H groups in total. The van der Waals surface area contributed by atoms with Crippen molar-refractivity contribution in [1.82, 2.24) is 10.2 Å². The fraction of sp³-hybridized carbons (Fsp3) is 0.545. The van der Waals surface area contributed by atoms with Crippen LogP contribution >= 0.6 is 0 Å². The molecule has 1 aromatic heterocycles. The highest BCUT2D eigenvalue weighted by molar-refractivity contribution is 7.96. The Morgan fingerprint density at radius 3 is 2.59 bits per heavy atom. The summed E-state index contributed by atoms with van der Waals surface area (Å²) in [4.78, 5) is 2.25. The van der Waals surface area contributed by atoms with Gasteiger partial charge in [-0.1, -0.05) is 6.42 Å². The summed E-state index contributed by atoms with van der Waals surface area (Å²) in [6.45, 7) is 3.68. The second-order valence-corrected chi connectivity index (χ2v) is 13.0. The third kappa shape index (κ3) is 4.93. The van der Waals surface area contributed by atoms with Gasteiger partial charge < -0.3 is 9.73 Å². The first kappa shape index (κ1) is 23.4. The Hall–Kier alpha value is -1.75. The van der Waals surface area contributed by atoms with Crippen molar-refractivity contribution in [3.05, 3.63) is 53.7 Å². The summed E-state index contributed by atoms with van der Waals surface area (Å²) in [5.74, 6) is -0.421. The van der Waals surface area contributed by atoms with Crippen molar-refractivity contribution in [3.63, 3.8) is 0 Å². The molecule has 0 bridgehead atoms. The van der Waals surface area contributed by atoms with Gasteiger partial charge in [-0.25, -0.2) is 21.2 Å². The number of nitrogens with zero attached hydrogens (tertiary/aromatic N) is 1. The highest BCUT2D eigenvalue weighted by Gasteiger charge is 2.46. The highest BCUT2D eigenvalue weighted by Crippen LogP contribution is 2.29. The van der Waals surface area contributed by atoms with Crippen molar-refractivity contribution in [1.29, 1.82) is 0 Å². The number of piperidine rings is 1. The summed E-state index contributed by atoms with van der Waals surface area (Å²) in [6, 6.07) is 6.43. The minimum absolute atomic E-state index is 0.0519. The van der Waals surface area contributed by atoms with Crippen molar-refractivity contribution in [2.75, 3.05) is 31.1 Å². The topological polar surface area (TPSA) is 96.7 Å². The van der Waals surface area contributed by atoms with E-state index in [-0.39, 0.29) is 22.3 Å². The smallest absolute Gasteiger partial charge is 0.183 e. The van der Waals surface area contributed by atoms with Gasteiger partial charge >= 0.3 is 0 Å². The van der Waals surface area contributed by atoms with Crippen LogP contribution < -0.4 is 5.32 Å². The largest absolute Gasteiger partial charge is 0.468 e. The van der Waals surface area contributed by atoms with Crippen LogP contribution in [0.15, 0.2) is 45.9 Å². The molecule has 1 aromatic carbocycles. The minimum Gasteiger partial charge on any atom is -0.468 e. The Morgan fingerprint density at radius 1 is 1.19 bits per heavy atom. The molecule has 2 saturated heterocycles. The van der Waals surface area contributed by atoms with E-state index in [1.807, 2.05) is 12.1 Å². The third-order valence-electron chi connectivity index (χ3n) is 6.43. The maximum Gasteiger partial charge on any atom is 0.183 e. The van der Waals surface area contributed by atoms with E-state index in [2.05, 4.69) is 10.2 Å². The SMILES string of the molecule is Cc1cc(S(=O)(=O)[C@H]2CS(=O)(=O)C[C@@H]2NCC(c2ccco2)N2CCCCC2)ccc1F. The lowest BCUT2D eigenvalue weighted by Gasteiger charge is -2.34. The van der Waals surface area contributed by atoms with E-state index in [0.717, 1.165) is 37.8 Å². The average Bonchev–Trinajstić information content (AvgIpc) is 3.39. The van der Waals surface area contributed by atoms with Gasteiger partial charge in [-0.3, -0.25) is 4.90 Å². The molecule has 1 unspecified atom stereocenters. The number of halogens is 1. The number of nitrogens with one attached hydrogen (secondary N) is 1. The average molecular weight is 485 g/mol. The van der Waals surface area contributed by atoms with E-state index in [1.165, 1.54) is 25.5 Å². The Kier molecular flexibility index (Phi) is 6.76. The summed E-state index contributed by atoms with van der Waals surface area (Å²) in [7, 11) is -7.50. The molecular formula is C22H29FN2O5S2. The van der Waals surface area contributed by atoms with E-state index in [9.17, 15) is 21.2 Å². The van der Waals surface area contributed by atoms with Crippen molar-refractivity contribution >= 4 is 19.7 Å². The van der Waals surface area contributed by atoms with Crippen LogP contribution in [0.4, 0.5) is 4.39 Å². The summed E-state index contributed by atoms with van der Waals surface area (Å²) in [6.07, 6.45) is 4.94. The molecule has 0 spiro atoms. The second kappa shape index (κ2) is 9.24. The summed E-state index contributed by atoms with van der Waals surface area (Å²) >= 11 is 0. The number of likely N-dealkylation sites (tertiary alicyclic amines) is 1. The van der Waals surface area contributed by atoms with Gasteiger partial charge in [-0.05, 0) is 68.8 Å². The molecule has 3 heterocycles. The first-order valence-corrected chi connectivity index (χ1v) is 14.3. The molecule has 0 aliphatic carbocycles. The standard InChI is InChI=1S/C22H29FN2O5S2/c1-16-12-17(7-8-18(16)23)32(28,29)22-15-31(26,27)14-19(22)24-13-20(21-6-5-11-30-21)25-9-3-2-4-10-25/h5-8,11-12,19-20,22,24H,2-4,9-10,13-15H2,1H3/t19-,20?,22-/m0/s1. The summed E-state index contributed by atoms with van der Waals surface area (Å²) < 4.78 is 70.8. The van der Waals surface area contributed by atoms with Crippen molar-refractivity contribution in [2.45, 2.75) is 48.4 Å². The maximum atomic E-state index is 13.7. The van der Waals surface area contributed by atoms with E-state index in [1.54, 1.807) is 6.26 Å². The van der Waals surface area contributed by atoms with Gasteiger partial charge in [0.05, 0.1) is 34.0 Å². The fourth-order valence-corrected chi connectivity index (χ4v) is 9.46. The van der Waals surface area contributed by atoms with Crippen LogP contribution in [0.1, 0.15) is 36.6 Å². The predicted molar refractivity (Wildman–Crippen MR) is 119 cm³/mol. The maximum absolute atomic E-state index is 13.7. The van der Waals surface area contributed by atoms with Gasteiger partial charge in [0.2, 0.25) is 0 Å². The van der Waals surface area contributed by atoms with Gasteiger partial charge in [-0.15, -0.1) is 0 Å². The Bertz CT molecular complexity index is 1140. The van der Waals surface area contributed by atoms with Crippen molar-refractivity contribution < 1.29 is 25.6 Å². The van der Waals surface area contributed by atoms with E-state index in [4.69, 9.17) is 4.42 Å². The zero-order valence-corrected chi connectivity index (χ0v) is 19.7. The minimum atomic E-state index is -3.97. The van der Waals surface area contributed by atoms with Gasteiger partial charge in [0.25, 0.3) is 0 Å². The lowest BCUT2D eigenvalue weighted by molar-refractivity contribution is 0.141. The number of sulfone groups is 2. The van der Waals surface area contributed by atoms with Crippen LogP contribution in [0, 0.1) is 12.7 Å². The van der Waals surface area contributed by atoms with Crippen LogP contribution in [0.3, 0.4) is 0 Å². The van der Waals surface area contributed by atoms with Crippen molar-refractivity contribution in [2.24, 2.45) is 0 Å². The molecule has 4 rings (SSSR count). The predicted octanol–water partition coefficient (Wildman–Crippen LogP) is 2.48. The first-order valence-electron chi connectivity index (χ1n) is 10.9. The van der Waals surface area contributed by atoms with E-state index >= 15 is 0 Å². The molecular weight excluding hydrogens is 455 g/mol. The highest BCUT2D eigenvalue weighted by atomic mass is 32.2. The first-order chi connectivity index (χ1) is 15.2. The van der Waals surface area contributed by atoms with Crippen LogP contribution in [0.2, 0.25) is 0 Å². The molecule has 0 amide bonds. The lowest BCUT2D eigenvalue weighted by Crippen LogP contribution is -2.47. The number of aryl methyl sites for hydroxylation is 1. The Morgan fingerprint density at radius 2 is 1.94 bits per heavy atom. The number of rotatable bonds is 7. The lowest BCUT2D eigenvalue weighted by atomic mass is 10.1. The fourth-order valence-electron chi connectivity index (χ4n) is 4.66. The zero-order chi connectivity index (χ0) is 22.9. The molecule has 2 aromatic rings. The molecule has 10 heteroatoms. The van der Waals surface area contributed by atoms with Gasteiger partial charge in [0, 0.05) is 12.6 Å². The molecule has 7 nitrogen and oxygen atoms in total. The molecule has 176 valence electrons. The van der Waals surface area contributed by atoms with Crippen LogP contribution in [-0.2, 0) is 19.7 Å². The zero-order valence-electron chi connectivity index (χ0n) is 18.0. The number of hydrogen-bond acceptors (Lipinski definition) is 7. The van der Waals surface area contributed by atoms with Crippen molar-refractivity contribution in [3.8, 4) is 0 Å². The monoisotopic (exact) mass is 484 g/mol. The van der Waals surface area contributed by atoms with Crippen LogP contribution in [0.5, 0.6) is 0 Å². The molecule has 2 fully saturated rings. The molecule has 32 heavy (non-hydrogen) atoms. The van der Waals surface area contributed by atoms with Crippen LogP contribution in [-0.4, -0.2) is 64.2 Å². The quantitative estimate of drug-likeness (QED) is 0.603. The van der Waals surface area contributed by atoms with Gasteiger partial charge in [0.15, 0.2) is 19.7 Å². The molecule has 0 saturated carbocycles.